The Labute approximate surface area is 168 Å². The van der Waals surface area contributed by atoms with Gasteiger partial charge >= 0.3 is 5.63 Å². The number of carbonyl (C=O) groups excluding carboxylic acids is 2. The molecule has 0 aliphatic heterocycles. The zero-order chi connectivity index (χ0) is 19.4. The molecule has 3 aromatic rings. The molecule has 6 heteroatoms. The van der Waals surface area contributed by atoms with Gasteiger partial charge in [-0.3, -0.25) is 9.59 Å². The first-order chi connectivity index (χ1) is 13.0. The highest BCUT2D eigenvalue weighted by atomic mass is 127. The number of methoxy groups -OCH3 is 1. The molecule has 0 N–H and O–H groups in total. The van der Waals surface area contributed by atoms with Gasteiger partial charge in [0.25, 0.3) is 0 Å². The summed E-state index contributed by atoms with van der Waals surface area (Å²) in [5.74, 6) is -0.238. The fraction of sp³-hybridized carbons (Fsp3) is 0.0952. The highest BCUT2D eigenvalue weighted by molar-refractivity contribution is 14.1. The van der Waals surface area contributed by atoms with Crippen LogP contribution in [0.1, 0.15) is 22.3 Å². The second-order valence-electron chi connectivity index (χ2n) is 5.80. The van der Waals surface area contributed by atoms with Gasteiger partial charge in [-0.15, -0.1) is 0 Å². The molecule has 0 saturated carbocycles. The molecule has 0 amide bonds. The molecule has 0 bridgehead atoms. The third-order valence-corrected chi connectivity index (χ3v) is 4.58. The van der Waals surface area contributed by atoms with Crippen molar-refractivity contribution in [2.75, 3.05) is 7.11 Å². The van der Waals surface area contributed by atoms with Crippen molar-refractivity contribution in [2.45, 2.75) is 6.42 Å². The summed E-state index contributed by atoms with van der Waals surface area (Å²) in [6, 6.07) is 13.9. The van der Waals surface area contributed by atoms with Crippen LogP contribution < -0.4 is 10.4 Å². The number of hydrogen-bond acceptors (Lipinski definition) is 5. The molecule has 0 saturated heterocycles. The Bertz CT molecular complexity index is 1090. The van der Waals surface area contributed by atoms with Crippen LogP contribution in [0.2, 0.25) is 0 Å². The summed E-state index contributed by atoms with van der Waals surface area (Å²) >= 11 is 2.11. The Kier molecular flexibility index (Phi) is 5.85. The average Bonchev–Trinajstić information content (AvgIpc) is 2.66. The summed E-state index contributed by atoms with van der Waals surface area (Å²) in [6.07, 6.45) is 2.54. The van der Waals surface area contributed by atoms with Crippen LogP contribution in [0.3, 0.4) is 0 Å². The zero-order valence-electron chi connectivity index (χ0n) is 14.4. The van der Waals surface area contributed by atoms with Crippen molar-refractivity contribution >= 4 is 51.2 Å². The maximum atomic E-state index is 12.3. The molecule has 3 rings (SSSR count). The molecule has 136 valence electrons. The SMILES string of the molecule is COc1ccc(C=CC(=O)CC(=O)c2cc3ccc(I)cc3oc2=O)cc1. The minimum absolute atomic E-state index is 0.116. The summed E-state index contributed by atoms with van der Waals surface area (Å²) in [5, 5.41) is 0.639. The van der Waals surface area contributed by atoms with Crippen molar-refractivity contribution in [2.24, 2.45) is 0 Å². The summed E-state index contributed by atoms with van der Waals surface area (Å²) < 4.78 is 11.2. The summed E-state index contributed by atoms with van der Waals surface area (Å²) in [7, 11) is 1.57. The maximum Gasteiger partial charge on any atom is 0.347 e. The molecule has 5 nitrogen and oxygen atoms in total. The van der Waals surface area contributed by atoms with Crippen LogP contribution in [-0.4, -0.2) is 18.7 Å². The van der Waals surface area contributed by atoms with Crippen LogP contribution in [0.4, 0.5) is 0 Å². The van der Waals surface area contributed by atoms with Crippen molar-refractivity contribution in [1.29, 1.82) is 0 Å². The first-order valence-electron chi connectivity index (χ1n) is 8.08. The number of carbonyl (C=O) groups is 2. The Morgan fingerprint density at radius 3 is 2.56 bits per heavy atom. The lowest BCUT2D eigenvalue weighted by Crippen LogP contribution is -2.16. The normalized spacial score (nSPS) is 11.0. The fourth-order valence-corrected chi connectivity index (χ4v) is 2.96. The second kappa shape index (κ2) is 8.30. The molecular formula is C21H15IO5. The van der Waals surface area contributed by atoms with E-state index in [1.54, 1.807) is 49.6 Å². The zero-order valence-corrected chi connectivity index (χ0v) is 16.6. The maximum absolute atomic E-state index is 12.3. The van der Waals surface area contributed by atoms with Crippen molar-refractivity contribution in [1.82, 2.24) is 0 Å². The smallest absolute Gasteiger partial charge is 0.347 e. The average molecular weight is 474 g/mol. The van der Waals surface area contributed by atoms with Crippen molar-refractivity contribution < 1.29 is 18.7 Å². The molecular weight excluding hydrogens is 459 g/mol. The number of rotatable bonds is 6. The van der Waals surface area contributed by atoms with Crippen LogP contribution in [0.15, 0.2) is 63.8 Å². The highest BCUT2D eigenvalue weighted by Crippen LogP contribution is 2.18. The van der Waals surface area contributed by atoms with E-state index in [1.165, 1.54) is 12.1 Å². The van der Waals surface area contributed by atoms with E-state index in [0.29, 0.717) is 16.7 Å². The predicted octanol–water partition coefficient (Wildman–Crippen LogP) is 4.26. The van der Waals surface area contributed by atoms with E-state index in [-0.39, 0.29) is 5.56 Å². The number of Topliss-reactive ketones (excluding diaryl/α,β-unsaturated/α-hetero) is 1. The van der Waals surface area contributed by atoms with E-state index in [9.17, 15) is 14.4 Å². The number of ketones is 2. The lowest BCUT2D eigenvalue weighted by atomic mass is 10.1. The van der Waals surface area contributed by atoms with E-state index in [1.807, 2.05) is 6.07 Å². The molecule has 0 radical (unpaired) electrons. The standard InChI is InChI=1S/C21H15IO5/c1-26-17-8-3-13(4-9-17)2-7-16(23)12-19(24)18-10-14-5-6-15(22)11-20(14)27-21(18)25/h2-11H,12H2,1H3. The molecule has 0 aliphatic rings. The van der Waals surface area contributed by atoms with Gasteiger partial charge < -0.3 is 9.15 Å². The van der Waals surface area contributed by atoms with Crippen LogP contribution >= 0.6 is 22.6 Å². The highest BCUT2D eigenvalue weighted by Gasteiger charge is 2.16. The van der Waals surface area contributed by atoms with Gasteiger partial charge in [0.15, 0.2) is 11.6 Å². The number of ether oxygens (including phenoxy) is 1. The molecule has 27 heavy (non-hydrogen) atoms. The van der Waals surface area contributed by atoms with Crippen LogP contribution in [0.5, 0.6) is 5.75 Å². The van der Waals surface area contributed by atoms with Crippen LogP contribution in [-0.2, 0) is 4.79 Å². The number of fused-ring (bicyclic) bond motifs is 1. The fourth-order valence-electron chi connectivity index (χ4n) is 2.50. The van der Waals surface area contributed by atoms with Gasteiger partial charge in [-0.25, -0.2) is 4.79 Å². The van der Waals surface area contributed by atoms with Gasteiger partial charge in [-0.05, 0) is 64.6 Å². The molecule has 0 atom stereocenters. The molecule has 1 aromatic heterocycles. The van der Waals surface area contributed by atoms with Gasteiger partial charge in [-0.2, -0.15) is 0 Å². The van der Waals surface area contributed by atoms with E-state index in [4.69, 9.17) is 9.15 Å². The minimum atomic E-state index is -0.735. The molecule has 2 aromatic carbocycles. The lowest BCUT2D eigenvalue weighted by molar-refractivity contribution is -0.113. The largest absolute Gasteiger partial charge is 0.497 e. The van der Waals surface area contributed by atoms with E-state index in [0.717, 1.165) is 9.13 Å². The van der Waals surface area contributed by atoms with E-state index >= 15 is 0 Å². The summed E-state index contributed by atoms with van der Waals surface area (Å²) in [6.45, 7) is 0. The molecule has 0 spiro atoms. The van der Waals surface area contributed by atoms with Gasteiger partial charge in [-0.1, -0.05) is 24.3 Å². The van der Waals surface area contributed by atoms with Crippen LogP contribution in [0, 0.1) is 3.57 Å². The lowest BCUT2D eigenvalue weighted by Gasteiger charge is -2.01. The Morgan fingerprint density at radius 2 is 1.85 bits per heavy atom. The summed E-state index contributed by atoms with van der Waals surface area (Å²) in [4.78, 5) is 36.5. The number of benzene rings is 2. The third kappa shape index (κ3) is 4.71. The molecule has 1 heterocycles. The minimum Gasteiger partial charge on any atom is -0.497 e. The number of hydrogen-bond donors (Lipinski definition) is 0. The third-order valence-electron chi connectivity index (χ3n) is 3.91. The second-order valence-corrected chi connectivity index (χ2v) is 7.05. The quantitative estimate of drug-likeness (QED) is 0.176. The van der Waals surface area contributed by atoms with Crippen molar-refractivity contribution in [3.63, 3.8) is 0 Å². The van der Waals surface area contributed by atoms with Crippen molar-refractivity contribution in [3.05, 3.63) is 79.7 Å². The Hall–Kier alpha value is -2.74. The van der Waals surface area contributed by atoms with Gasteiger partial charge in [0.1, 0.15) is 16.9 Å². The van der Waals surface area contributed by atoms with E-state index in [2.05, 4.69) is 22.6 Å². The van der Waals surface area contributed by atoms with E-state index < -0.39 is 23.6 Å². The topological polar surface area (TPSA) is 73.6 Å². The first-order valence-corrected chi connectivity index (χ1v) is 9.16. The molecule has 0 unspecified atom stereocenters. The van der Waals surface area contributed by atoms with Crippen molar-refractivity contribution in [3.8, 4) is 5.75 Å². The number of halogens is 1. The van der Waals surface area contributed by atoms with Gasteiger partial charge in [0.2, 0.25) is 0 Å². The van der Waals surface area contributed by atoms with Gasteiger partial charge in [0.05, 0.1) is 13.5 Å². The molecule has 0 aliphatic carbocycles. The number of allylic oxidation sites excluding steroid dienone is 1. The monoisotopic (exact) mass is 474 g/mol. The van der Waals surface area contributed by atoms with Gasteiger partial charge in [0, 0.05) is 8.96 Å². The Morgan fingerprint density at radius 1 is 1.11 bits per heavy atom. The van der Waals surface area contributed by atoms with Crippen LogP contribution in [0.25, 0.3) is 17.0 Å². The Balaban J connectivity index is 1.74. The first kappa shape index (κ1) is 19.0. The predicted molar refractivity (Wildman–Crippen MR) is 111 cm³/mol. The summed E-state index contributed by atoms with van der Waals surface area (Å²) in [5.41, 5.74) is 0.363. The molecule has 0 fully saturated rings.